The summed E-state index contributed by atoms with van der Waals surface area (Å²) in [4.78, 5) is 0. The highest BCUT2D eigenvalue weighted by molar-refractivity contribution is 5.47. The number of aryl methyl sites for hydroxylation is 2. The van der Waals surface area contributed by atoms with Crippen molar-refractivity contribution in [2.24, 2.45) is 0 Å². The van der Waals surface area contributed by atoms with Crippen molar-refractivity contribution in [1.82, 2.24) is 0 Å². The molecule has 0 aliphatic heterocycles. The van der Waals surface area contributed by atoms with Gasteiger partial charge in [-0.25, -0.2) is 0 Å². The molecule has 0 aliphatic carbocycles. The van der Waals surface area contributed by atoms with Gasteiger partial charge >= 0.3 is 0 Å². The van der Waals surface area contributed by atoms with Crippen molar-refractivity contribution in [2.45, 2.75) is 33.3 Å². The lowest BCUT2D eigenvalue weighted by Gasteiger charge is -2.13. The Morgan fingerprint density at radius 2 is 1.94 bits per heavy atom. The predicted molar refractivity (Wildman–Crippen MR) is 62.4 cm³/mol. The molecule has 86 valence electrons. The van der Waals surface area contributed by atoms with Crippen LogP contribution in [0.5, 0.6) is 5.75 Å². The Kier molecular flexibility index (Phi) is 4.33. The van der Waals surface area contributed by atoms with Crippen molar-refractivity contribution >= 4 is 0 Å². The molecule has 0 fully saturated rings. The molecule has 1 atom stereocenters. The molecule has 1 unspecified atom stereocenters. The van der Waals surface area contributed by atoms with Crippen molar-refractivity contribution in [1.29, 1.82) is 5.26 Å². The van der Waals surface area contributed by atoms with E-state index in [-0.39, 0.29) is 6.10 Å². The molecule has 1 N–H and O–H groups in total. The lowest BCUT2D eigenvalue weighted by Crippen LogP contribution is -2.08. The summed E-state index contributed by atoms with van der Waals surface area (Å²) in [6, 6.07) is 5.74. The Morgan fingerprint density at radius 3 is 2.38 bits per heavy atom. The minimum absolute atomic E-state index is 0.348. The zero-order valence-electron chi connectivity index (χ0n) is 9.95. The fraction of sp³-hybridized carbons (Fsp3) is 0.462. The molecule has 16 heavy (non-hydrogen) atoms. The van der Waals surface area contributed by atoms with Crippen LogP contribution in [0.2, 0.25) is 0 Å². The second-order valence-corrected chi connectivity index (χ2v) is 4.04. The third kappa shape index (κ3) is 3.25. The van der Waals surface area contributed by atoms with E-state index in [1.165, 1.54) is 0 Å². The third-order valence-corrected chi connectivity index (χ3v) is 2.37. The van der Waals surface area contributed by atoms with E-state index in [0.29, 0.717) is 18.6 Å². The normalized spacial score (nSPS) is 11.9. The maximum atomic E-state index is 9.13. The maximum Gasteiger partial charge on any atom is 0.125 e. The largest absolute Gasteiger partial charge is 0.493 e. The van der Waals surface area contributed by atoms with Crippen LogP contribution in [-0.2, 0) is 0 Å². The van der Waals surface area contributed by atoms with Gasteiger partial charge in [-0.2, -0.15) is 5.26 Å². The van der Waals surface area contributed by atoms with Crippen molar-refractivity contribution in [3.05, 3.63) is 28.8 Å². The van der Waals surface area contributed by atoms with Crippen molar-refractivity contribution in [3.8, 4) is 11.8 Å². The first-order chi connectivity index (χ1) is 7.54. The highest BCUT2D eigenvalue weighted by atomic mass is 16.5. The zero-order valence-corrected chi connectivity index (χ0v) is 9.95. The summed E-state index contributed by atoms with van der Waals surface area (Å²) in [5.41, 5.74) is 2.57. The molecule has 1 rings (SSSR count). The number of ether oxygens (including phenoxy) is 1. The van der Waals surface area contributed by atoms with Crippen LogP contribution in [-0.4, -0.2) is 17.8 Å². The number of hydrogen-bond acceptors (Lipinski definition) is 3. The van der Waals surface area contributed by atoms with Crippen LogP contribution >= 0.6 is 0 Å². The molecule has 0 saturated carbocycles. The highest BCUT2D eigenvalue weighted by Crippen LogP contribution is 2.24. The first kappa shape index (κ1) is 12.5. The Morgan fingerprint density at radius 1 is 1.38 bits per heavy atom. The molecular weight excluding hydrogens is 202 g/mol. The minimum atomic E-state index is -0.348. The first-order valence-corrected chi connectivity index (χ1v) is 5.36. The molecular formula is C13H17NO2. The van der Waals surface area contributed by atoms with Crippen molar-refractivity contribution < 1.29 is 9.84 Å². The molecule has 0 aliphatic rings. The number of hydrogen-bond donors (Lipinski definition) is 1. The molecule has 0 heterocycles. The monoisotopic (exact) mass is 219 g/mol. The molecule has 0 amide bonds. The van der Waals surface area contributed by atoms with Gasteiger partial charge in [0.2, 0.25) is 0 Å². The fourth-order valence-electron chi connectivity index (χ4n) is 1.57. The van der Waals surface area contributed by atoms with E-state index in [9.17, 15) is 0 Å². The molecule has 0 radical (unpaired) electrons. The van der Waals surface area contributed by atoms with E-state index < -0.39 is 0 Å². The van der Waals surface area contributed by atoms with E-state index in [1.54, 1.807) is 6.92 Å². The standard InChI is InChI=1S/C13H17NO2/c1-9-6-12(8-14)7-10(2)13(9)16-5-4-11(3)15/h6-7,11,15H,4-5H2,1-3H3. The fourth-order valence-corrected chi connectivity index (χ4v) is 1.57. The first-order valence-electron chi connectivity index (χ1n) is 5.36. The Hall–Kier alpha value is -1.53. The van der Waals surface area contributed by atoms with Gasteiger partial charge in [-0.1, -0.05) is 0 Å². The number of benzene rings is 1. The van der Waals surface area contributed by atoms with Gasteiger partial charge in [0, 0.05) is 6.42 Å². The van der Waals surface area contributed by atoms with E-state index in [1.807, 2.05) is 26.0 Å². The van der Waals surface area contributed by atoms with Gasteiger partial charge in [-0.15, -0.1) is 0 Å². The number of aliphatic hydroxyl groups excluding tert-OH is 1. The van der Waals surface area contributed by atoms with Crippen LogP contribution in [0.3, 0.4) is 0 Å². The molecule has 1 aromatic rings. The molecule has 1 aromatic carbocycles. The van der Waals surface area contributed by atoms with Gasteiger partial charge in [-0.3, -0.25) is 0 Å². The Balaban J connectivity index is 2.77. The van der Waals surface area contributed by atoms with E-state index in [4.69, 9.17) is 15.1 Å². The second kappa shape index (κ2) is 5.53. The Labute approximate surface area is 96.3 Å². The van der Waals surface area contributed by atoms with Gasteiger partial charge in [-0.05, 0) is 44.0 Å². The quantitative estimate of drug-likeness (QED) is 0.845. The summed E-state index contributed by atoms with van der Waals surface area (Å²) >= 11 is 0. The number of nitriles is 1. The average molecular weight is 219 g/mol. The summed E-state index contributed by atoms with van der Waals surface area (Å²) in [6.45, 7) is 6.07. The zero-order chi connectivity index (χ0) is 12.1. The SMILES string of the molecule is Cc1cc(C#N)cc(C)c1OCCC(C)O. The maximum absolute atomic E-state index is 9.13. The van der Waals surface area contributed by atoms with Crippen LogP contribution in [0.15, 0.2) is 12.1 Å². The summed E-state index contributed by atoms with van der Waals surface area (Å²) in [5, 5.41) is 17.9. The van der Waals surface area contributed by atoms with Crippen molar-refractivity contribution in [3.63, 3.8) is 0 Å². The lowest BCUT2D eigenvalue weighted by atomic mass is 10.1. The average Bonchev–Trinajstić information content (AvgIpc) is 2.21. The van der Waals surface area contributed by atoms with Crippen LogP contribution in [0, 0.1) is 25.2 Å². The summed E-state index contributed by atoms with van der Waals surface area (Å²) in [6.07, 6.45) is 0.262. The topological polar surface area (TPSA) is 53.2 Å². The predicted octanol–water partition coefficient (Wildman–Crippen LogP) is 2.32. The van der Waals surface area contributed by atoms with Crippen LogP contribution < -0.4 is 4.74 Å². The molecule has 3 heteroatoms. The van der Waals surface area contributed by atoms with E-state index >= 15 is 0 Å². The number of aliphatic hydroxyl groups is 1. The number of rotatable bonds is 4. The summed E-state index contributed by atoms with van der Waals surface area (Å²) in [7, 11) is 0. The van der Waals surface area contributed by atoms with Crippen LogP contribution in [0.1, 0.15) is 30.0 Å². The van der Waals surface area contributed by atoms with Gasteiger partial charge in [0.15, 0.2) is 0 Å². The molecule has 0 bridgehead atoms. The smallest absolute Gasteiger partial charge is 0.125 e. The van der Waals surface area contributed by atoms with E-state index in [2.05, 4.69) is 6.07 Å². The minimum Gasteiger partial charge on any atom is -0.493 e. The van der Waals surface area contributed by atoms with Gasteiger partial charge in [0.1, 0.15) is 5.75 Å². The van der Waals surface area contributed by atoms with Gasteiger partial charge in [0.25, 0.3) is 0 Å². The second-order valence-electron chi connectivity index (χ2n) is 4.04. The van der Waals surface area contributed by atoms with E-state index in [0.717, 1.165) is 16.9 Å². The molecule has 0 aromatic heterocycles. The molecule has 0 saturated heterocycles. The Bertz CT molecular complexity index is 382. The van der Waals surface area contributed by atoms with Crippen molar-refractivity contribution in [2.75, 3.05) is 6.61 Å². The van der Waals surface area contributed by atoms with Gasteiger partial charge < -0.3 is 9.84 Å². The number of nitrogens with zero attached hydrogens (tertiary/aromatic N) is 1. The summed E-state index contributed by atoms with van der Waals surface area (Å²) < 4.78 is 5.61. The van der Waals surface area contributed by atoms with Crippen LogP contribution in [0.25, 0.3) is 0 Å². The highest BCUT2D eigenvalue weighted by Gasteiger charge is 2.06. The summed E-state index contributed by atoms with van der Waals surface area (Å²) in [5.74, 6) is 0.819. The van der Waals surface area contributed by atoms with Crippen LogP contribution in [0.4, 0.5) is 0 Å². The third-order valence-electron chi connectivity index (χ3n) is 2.37. The lowest BCUT2D eigenvalue weighted by molar-refractivity contribution is 0.155. The molecule has 3 nitrogen and oxygen atoms in total. The molecule has 0 spiro atoms. The van der Waals surface area contributed by atoms with Gasteiger partial charge in [0.05, 0.1) is 24.3 Å².